The smallest absolute Gasteiger partial charge is 0.227 e. The van der Waals surface area contributed by atoms with E-state index in [0.717, 1.165) is 83.0 Å². The second-order valence-electron chi connectivity index (χ2n) is 9.63. The maximum Gasteiger partial charge on any atom is 0.227 e. The summed E-state index contributed by atoms with van der Waals surface area (Å²) >= 11 is 0. The van der Waals surface area contributed by atoms with E-state index in [0.29, 0.717) is 5.91 Å². The molecular formula is C28H37N5O. The van der Waals surface area contributed by atoms with Crippen LogP contribution in [-0.2, 0) is 24.3 Å². The fraction of sp³-hybridized carbons (Fsp3) is 0.500. The second kappa shape index (κ2) is 10.2. The number of carbonyl (C=O) groups is 1. The quantitative estimate of drug-likeness (QED) is 0.555. The first-order chi connectivity index (χ1) is 16.7. The molecule has 180 valence electrons. The van der Waals surface area contributed by atoms with Gasteiger partial charge in [0.25, 0.3) is 0 Å². The summed E-state index contributed by atoms with van der Waals surface area (Å²) in [6.07, 6.45) is 3.12. The van der Waals surface area contributed by atoms with E-state index >= 15 is 0 Å². The summed E-state index contributed by atoms with van der Waals surface area (Å²) < 4.78 is 2.31. The number of piperidine rings is 1. The summed E-state index contributed by atoms with van der Waals surface area (Å²) in [5.41, 5.74) is 4.99. The number of carbonyl (C=O) groups excluding carboxylic acids is 1. The van der Waals surface area contributed by atoms with Crippen molar-refractivity contribution in [3.8, 4) is 0 Å². The average Bonchev–Trinajstić information content (AvgIpc) is 3.25. The Balaban J connectivity index is 1.20. The molecule has 2 fully saturated rings. The van der Waals surface area contributed by atoms with Gasteiger partial charge in [0.05, 0.1) is 23.5 Å². The van der Waals surface area contributed by atoms with Crippen LogP contribution in [0.3, 0.4) is 0 Å². The Bertz CT molecular complexity index is 1130. The van der Waals surface area contributed by atoms with Crippen molar-refractivity contribution in [3.05, 3.63) is 59.9 Å². The van der Waals surface area contributed by atoms with Gasteiger partial charge in [-0.1, -0.05) is 37.3 Å². The highest BCUT2D eigenvalue weighted by atomic mass is 16.2. The first-order valence-corrected chi connectivity index (χ1v) is 13.0. The lowest BCUT2D eigenvalue weighted by Gasteiger charge is -2.40. The zero-order valence-corrected chi connectivity index (χ0v) is 20.6. The van der Waals surface area contributed by atoms with Gasteiger partial charge in [0.15, 0.2) is 0 Å². The van der Waals surface area contributed by atoms with Crippen LogP contribution in [0, 0.1) is 5.92 Å². The van der Waals surface area contributed by atoms with Gasteiger partial charge >= 0.3 is 0 Å². The Morgan fingerprint density at radius 1 is 0.971 bits per heavy atom. The number of hydrogen-bond donors (Lipinski definition) is 0. The second-order valence-corrected chi connectivity index (χ2v) is 9.63. The van der Waals surface area contributed by atoms with Gasteiger partial charge in [-0.25, -0.2) is 4.98 Å². The van der Waals surface area contributed by atoms with Gasteiger partial charge in [0, 0.05) is 45.0 Å². The molecule has 2 aromatic carbocycles. The normalized spacial score (nSPS) is 19.6. The van der Waals surface area contributed by atoms with Gasteiger partial charge in [-0.3, -0.25) is 9.69 Å². The first-order valence-electron chi connectivity index (χ1n) is 13.0. The molecule has 1 amide bonds. The van der Waals surface area contributed by atoms with Gasteiger partial charge in [0.2, 0.25) is 5.91 Å². The number of hydrogen-bond acceptors (Lipinski definition) is 4. The van der Waals surface area contributed by atoms with Crippen LogP contribution < -0.4 is 4.90 Å². The highest BCUT2D eigenvalue weighted by molar-refractivity contribution is 5.79. The molecule has 0 spiro atoms. The molecule has 3 aromatic rings. The Labute approximate surface area is 203 Å². The van der Waals surface area contributed by atoms with E-state index in [4.69, 9.17) is 4.98 Å². The van der Waals surface area contributed by atoms with Gasteiger partial charge in [-0.2, -0.15) is 0 Å². The maximum atomic E-state index is 13.4. The summed E-state index contributed by atoms with van der Waals surface area (Å²) in [7, 11) is 0. The number of nitrogens with zero attached hydrogens (tertiary/aromatic N) is 5. The highest BCUT2D eigenvalue weighted by Gasteiger charge is 2.31. The van der Waals surface area contributed by atoms with Crippen molar-refractivity contribution in [3.63, 3.8) is 0 Å². The van der Waals surface area contributed by atoms with Gasteiger partial charge < -0.3 is 14.4 Å². The molecule has 2 saturated heterocycles. The SMILES string of the molecule is CCc1ccccc1N1CCN(C(=O)[C@@H]2CCCN(Cc3nc4ccccc4n3CC)C2)CC1. The van der Waals surface area contributed by atoms with E-state index in [2.05, 4.69) is 81.6 Å². The van der Waals surface area contributed by atoms with Crippen molar-refractivity contribution in [1.29, 1.82) is 0 Å². The van der Waals surface area contributed by atoms with Crippen LogP contribution in [0.2, 0.25) is 0 Å². The molecule has 0 saturated carbocycles. The Kier molecular flexibility index (Phi) is 6.86. The van der Waals surface area contributed by atoms with E-state index in [1.54, 1.807) is 0 Å². The third-order valence-corrected chi connectivity index (χ3v) is 7.57. The Morgan fingerprint density at radius 2 is 1.74 bits per heavy atom. The van der Waals surface area contributed by atoms with Crippen molar-refractivity contribution in [2.75, 3.05) is 44.2 Å². The summed E-state index contributed by atoms with van der Waals surface area (Å²) in [5, 5.41) is 0. The van der Waals surface area contributed by atoms with Gasteiger partial charge in [-0.05, 0) is 56.5 Å². The number of aromatic nitrogens is 2. The fourth-order valence-corrected chi connectivity index (χ4v) is 5.74. The molecule has 0 unspecified atom stereocenters. The molecule has 34 heavy (non-hydrogen) atoms. The number of rotatable bonds is 6. The molecular weight excluding hydrogens is 422 g/mol. The number of fused-ring (bicyclic) bond motifs is 1. The number of piperazine rings is 1. The van der Waals surface area contributed by atoms with E-state index in [9.17, 15) is 4.79 Å². The summed E-state index contributed by atoms with van der Waals surface area (Å²) in [4.78, 5) is 25.3. The zero-order chi connectivity index (χ0) is 23.5. The predicted octanol–water partition coefficient (Wildman–Crippen LogP) is 4.18. The fourth-order valence-electron chi connectivity index (χ4n) is 5.74. The van der Waals surface area contributed by atoms with E-state index in [1.807, 2.05) is 0 Å². The van der Waals surface area contributed by atoms with Gasteiger partial charge in [-0.15, -0.1) is 0 Å². The van der Waals surface area contributed by atoms with Crippen LogP contribution in [0.1, 0.15) is 38.1 Å². The Morgan fingerprint density at radius 3 is 2.53 bits per heavy atom. The van der Waals surface area contributed by atoms with Gasteiger partial charge in [0.1, 0.15) is 5.82 Å². The molecule has 5 rings (SSSR count). The molecule has 1 aromatic heterocycles. The zero-order valence-electron chi connectivity index (χ0n) is 20.6. The molecule has 0 N–H and O–H groups in total. The van der Waals surface area contributed by atoms with Crippen LogP contribution in [0.25, 0.3) is 11.0 Å². The lowest BCUT2D eigenvalue weighted by atomic mass is 9.96. The maximum absolute atomic E-state index is 13.4. The number of aryl methyl sites for hydroxylation is 2. The number of amides is 1. The standard InChI is InChI=1S/C28H37N5O/c1-3-22-10-5-7-13-25(22)31-16-18-32(19-17-31)28(34)23-11-9-15-30(20-23)21-27-29-24-12-6-8-14-26(24)33(27)4-2/h5-8,10,12-14,23H,3-4,9,11,15-21H2,1-2H3/t23-/m1/s1. The molecule has 2 aliphatic rings. The third kappa shape index (κ3) is 4.56. The summed E-state index contributed by atoms with van der Waals surface area (Å²) in [6, 6.07) is 17.0. The molecule has 6 heteroatoms. The predicted molar refractivity (Wildman–Crippen MR) is 138 cm³/mol. The third-order valence-electron chi connectivity index (χ3n) is 7.57. The number of anilines is 1. The molecule has 0 aliphatic carbocycles. The van der Waals surface area contributed by atoms with Crippen LogP contribution in [0.4, 0.5) is 5.69 Å². The molecule has 0 bridgehead atoms. The first kappa shape index (κ1) is 22.9. The van der Waals surface area contributed by atoms with Crippen molar-refractivity contribution in [1.82, 2.24) is 19.4 Å². The molecule has 0 radical (unpaired) electrons. The topological polar surface area (TPSA) is 44.6 Å². The van der Waals surface area contributed by atoms with E-state index < -0.39 is 0 Å². The number of imidazole rings is 1. The van der Waals surface area contributed by atoms with Crippen LogP contribution in [0.5, 0.6) is 0 Å². The Hall–Kier alpha value is -2.86. The highest BCUT2D eigenvalue weighted by Crippen LogP contribution is 2.25. The minimum absolute atomic E-state index is 0.0997. The molecule has 3 heterocycles. The molecule has 1 atom stereocenters. The average molecular weight is 460 g/mol. The van der Waals surface area contributed by atoms with Crippen molar-refractivity contribution >= 4 is 22.6 Å². The monoisotopic (exact) mass is 459 g/mol. The van der Waals surface area contributed by atoms with E-state index in [-0.39, 0.29) is 5.92 Å². The van der Waals surface area contributed by atoms with Crippen LogP contribution in [0.15, 0.2) is 48.5 Å². The van der Waals surface area contributed by atoms with E-state index in [1.165, 1.54) is 16.8 Å². The number of para-hydroxylation sites is 3. The minimum atomic E-state index is 0.0997. The lowest BCUT2D eigenvalue weighted by molar-refractivity contribution is -0.137. The summed E-state index contributed by atoms with van der Waals surface area (Å²) in [5.74, 6) is 1.56. The van der Waals surface area contributed by atoms with Crippen molar-refractivity contribution < 1.29 is 4.79 Å². The number of likely N-dealkylation sites (tertiary alicyclic amines) is 1. The van der Waals surface area contributed by atoms with Crippen molar-refractivity contribution in [2.24, 2.45) is 5.92 Å². The van der Waals surface area contributed by atoms with Crippen LogP contribution in [-0.4, -0.2) is 64.5 Å². The lowest BCUT2D eigenvalue weighted by Crippen LogP contribution is -2.52. The largest absolute Gasteiger partial charge is 0.368 e. The molecule has 6 nitrogen and oxygen atoms in total. The minimum Gasteiger partial charge on any atom is -0.368 e. The summed E-state index contributed by atoms with van der Waals surface area (Å²) in [6.45, 7) is 11.5. The molecule has 2 aliphatic heterocycles. The number of benzene rings is 2. The van der Waals surface area contributed by atoms with Crippen molar-refractivity contribution in [2.45, 2.75) is 46.2 Å². The van der Waals surface area contributed by atoms with Crippen LogP contribution >= 0.6 is 0 Å².